The van der Waals surface area contributed by atoms with Gasteiger partial charge in [0, 0.05) is 24.1 Å². The highest BCUT2D eigenvalue weighted by molar-refractivity contribution is 6.01. The van der Waals surface area contributed by atoms with Crippen molar-refractivity contribution < 1.29 is 18.4 Å². The van der Waals surface area contributed by atoms with Gasteiger partial charge in [-0.2, -0.15) is 4.80 Å². The third kappa shape index (κ3) is 5.55. The summed E-state index contributed by atoms with van der Waals surface area (Å²) in [5.41, 5.74) is 0.775. The van der Waals surface area contributed by atoms with Gasteiger partial charge >= 0.3 is 0 Å². The van der Waals surface area contributed by atoms with Gasteiger partial charge in [0.1, 0.15) is 24.2 Å². The molecule has 0 unspecified atom stereocenters. The number of pyridine rings is 1. The summed E-state index contributed by atoms with van der Waals surface area (Å²) in [6.45, 7) is 1.46. The minimum Gasteiger partial charge on any atom is -0.458 e. The maximum Gasteiger partial charge on any atom is 0.251 e. The van der Waals surface area contributed by atoms with Gasteiger partial charge in [-0.25, -0.2) is 4.39 Å². The molecule has 1 aromatic carbocycles. The van der Waals surface area contributed by atoms with Gasteiger partial charge in [-0.05, 0) is 73.0 Å². The summed E-state index contributed by atoms with van der Waals surface area (Å²) in [5.74, 6) is -0.0725. The van der Waals surface area contributed by atoms with Crippen molar-refractivity contribution in [3.8, 4) is 11.6 Å². The molecule has 3 heterocycles. The number of hydrogen-bond acceptors (Lipinski definition) is 7. The number of halogens is 1. The van der Waals surface area contributed by atoms with Crippen LogP contribution in [0.3, 0.4) is 0 Å². The first kappa shape index (κ1) is 24.3. The SMILES string of the molecule is Cc1ccc(-c2nnn(CC(=O)N(c3cccc(F)c3)[C@@H](C(=O)NC3CCCC3)c3ccncc3)n2)o1. The molecule has 3 aromatic heterocycles. The van der Waals surface area contributed by atoms with Crippen LogP contribution in [0.2, 0.25) is 0 Å². The topological polar surface area (TPSA) is 119 Å². The Bertz CT molecular complexity index is 1380. The van der Waals surface area contributed by atoms with Gasteiger partial charge in [0.15, 0.2) is 5.76 Å². The van der Waals surface area contributed by atoms with Crippen LogP contribution in [-0.2, 0) is 16.1 Å². The fourth-order valence-electron chi connectivity index (χ4n) is 4.54. The Morgan fingerprint density at radius 3 is 2.65 bits per heavy atom. The van der Waals surface area contributed by atoms with Gasteiger partial charge in [-0.15, -0.1) is 10.2 Å². The van der Waals surface area contributed by atoms with Gasteiger partial charge in [0.25, 0.3) is 5.91 Å². The minimum atomic E-state index is -1.06. The molecule has 0 radical (unpaired) electrons. The minimum absolute atomic E-state index is 0.0255. The third-order valence-corrected chi connectivity index (χ3v) is 6.28. The summed E-state index contributed by atoms with van der Waals surface area (Å²) in [6, 6.07) is 11.4. The van der Waals surface area contributed by atoms with Crippen LogP contribution in [0.25, 0.3) is 11.6 Å². The molecule has 1 fully saturated rings. The lowest BCUT2D eigenvalue weighted by molar-refractivity contribution is -0.127. The van der Waals surface area contributed by atoms with E-state index in [2.05, 4.69) is 25.7 Å². The molecule has 0 aliphatic heterocycles. The first-order valence-electron chi connectivity index (χ1n) is 12.1. The van der Waals surface area contributed by atoms with E-state index in [1.54, 1.807) is 49.6 Å². The van der Waals surface area contributed by atoms with Crippen LogP contribution in [0.4, 0.5) is 10.1 Å². The number of aryl methyl sites for hydroxylation is 1. The fraction of sp³-hybridized carbons (Fsp3) is 0.308. The van der Waals surface area contributed by atoms with E-state index in [0.29, 0.717) is 17.1 Å². The van der Waals surface area contributed by atoms with E-state index in [0.717, 1.165) is 30.5 Å². The van der Waals surface area contributed by atoms with Crippen LogP contribution in [0.1, 0.15) is 43.0 Å². The van der Waals surface area contributed by atoms with Crippen LogP contribution in [0.5, 0.6) is 0 Å². The van der Waals surface area contributed by atoms with Crippen LogP contribution in [0, 0.1) is 12.7 Å². The van der Waals surface area contributed by atoms with Crippen molar-refractivity contribution in [3.63, 3.8) is 0 Å². The lowest BCUT2D eigenvalue weighted by Crippen LogP contribution is -2.47. The molecular weight excluding hydrogens is 477 g/mol. The first-order valence-corrected chi connectivity index (χ1v) is 12.1. The van der Waals surface area contributed by atoms with E-state index >= 15 is 0 Å². The monoisotopic (exact) mass is 503 g/mol. The lowest BCUT2D eigenvalue weighted by Gasteiger charge is -2.32. The molecule has 1 atom stereocenters. The third-order valence-electron chi connectivity index (χ3n) is 6.28. The number of anilines is 1. The molecule has 11 heteroatoms. The second-order valence-corrected chi connectivity index (χ2v) is 8.97. The van der Waals surface area contributed by atoms with Crippen LogP contribution in [0.15, 0.2) is 65.3 Å². The van der Waals surface area contributed by atoms with E-state index in [-0.39, 0.29) is 30.0 Å². The fourth-order valence-corrected chi connectivity index (χ4v) is 4.54. The summed E-state index contributed by atoms with van der Waals surface area (Å²) >= 11 is 0. The maximum absolute atomic E-state index is 14.3. The van der Waals surface area contributed by atoms with E-state index in [4.69, 9.17) is 4.42 Å². The molecule has 37 heavy (non-hydrogen) atoms. The molecule has 1 N–H and O–H groups in total. The number of rotatable bonds is 8. The Hall–Kier alpha value is -4.41. The Kier molecular flexibility index (Phi) is 7.02. The molecule has 0 saturated heterocycles. The standard InChI is InChI=1S/C26H26FN7O3/c1-17-9-10-22(37-17)25-30-32-33(31-25)16-23(35)34(21-8-4-5-19(27)15-21)24(18-11-13-28-14-12-18)26(36)29-20-6-2-3-7-20/h4-5,8-15,20,24H,2-3,6-7,16H2,1H3,(H,29,36)/t24-/m1/s1. The van der Waals surface area contributed by atoms with Gasteiger partial charge < -0.3 is 9.73 Å². The number of nitrogens with zero attached hydrogens (tertiary/aromatic N) is 6. The molecular formula is C26H26FN7O3. The molecule has 5 rings (SSSR count). The molecule has 1 saturated carbocycles. The Balaban J connectivity index is 1.49. The number of tetrazole rings is 1. The molecule has 0 bridgehead atoms. The second kappa shape index (κ2) is 10.7. The van der Waals surface area contributed by atoms with Crippen LogP contribution in [-0.4, -0.2) is 43.0 Å². The second-order valence-electron chi connectivity index (χ2n) is 8.97. The number of aromatic nitrogens is 5. The molecule has 190 valence electrons. The van der Waals surface area contributed by atoms with Gasteiger partial charge in [-0.1, -0.05) is 18.9 Å². The predicted molar refractivity (Wildman–Crippen MR) is 132 cm³/mol. The largest absolute Gasteiger partial charge is 0.458 e. The zero-order chi connectivity index (χ0) is 25.8. The van der Waals surface area contributed by atoms with E-state index in [9.17, 15) is 14.0 Å². The van der Waals surface area contributed by atoms with Crippen molar-refractivity contribution in [1.82, 2.24) is 30.5 Å². The highest BCUT2D eigenvalue weighted by Crippen LogP contribution is 2.30. The molecule has 0 spiro atoms. The van der Waals surface area contributed by atoms with Crippen molar-refractivity contribution >= 4 is 17.5 Å². The summed E-state index contributed by atoms with van der Waals surface area (Å²) in [5, 5.41) is 15.3. The van der Waals surface area contributed by atoms with Crippen molar-refractivity contribution in [2.24, 2.45) is 0 Å². The number of hydrogen-bond donors (Lipinski definition) is 1. The average molecular weight is 504 g/mol. The predicted octanol–water partition coefficient (Wildman–Crippen LogP) is 3.61. The molecule has 4 aromatic rings. The van der Waals surface area contributed by atoms with E-state index < -0.39 is 17.8 Å². The maximum atomic E-state index is 14.3. The molecule has 1 aliphatic rings. The van der Waals surface area contributed by atoms with Crippen LogP contribution < -0.4 is 10.2 Å². The summed E-state index contributed by atoms with van der Waals surface area (Å²) < 4.78 is 19.8. The Morgan fingerprint density at radius 2 is 1.95 bits per heavy atom. The van der Waals surface area contributed by atoms with Gasteiger partial charge in [0.05, 0.1) is 0 Å². The van der Waals surface area contributed by atoms with Crippen molar-refractivity contribution in [3.05, 3.63) is 78.1 Å². The lowest BCUT2D eigenvalue weighted by atomic mass is 10.0. The van der Waals surface area contributed by atoms with Gasteiger partial charge in [0.2, 0.25) is 11.7 Å². The van der Waals surface area contributed by atoms with Crippen molar-refractivity contribution in [2.45, 2.75) is 51.2 Å². The smallest absolute Gasteiger partial charge is 0.251 e. The number of furan rings is 1. The normalized spacial score (nSPS) is 14.4. The first-order chi connectivity index (χ1) is 18.0. The van der Waals surface area contributed by atoms with Crippen molar-refractivity contribution in [1.29, 1.82) is 0 Å². The Labute approximate surface area is 212 Å². The average Bonchev–Trinajstić information content (AvgIpc) is 3.66. The zero-order valence-electron chi connectivity index (χ0n) is 20.2. The number of carbonyl (C=O) groups is 2. The number of amides is 2. The highest BCUT2D eigenvalue weighted by Gasteiger charge is 2.35. The number of benzene rings is 1. The summed E-state index contributed by atoms with van der Waals surface area (Å²) in [6.07, 6.45) is 6.92. The van der Waals surface area contributed by atoms with E-state index in [1.165, 1.54) is 23.1 Å². The van der Waals surface area contributed by atoms with Crippen LogP contribution >= 0.6 is 0 Å². The quantitative estimate of drug-likeness (QED) is 0.390. The summed E-state index contributed by atoms with van der Waals surface area (Å²) in [7, 11) is 0. The van der Waals surface area contributed by atoms with Gasteiger partial charge in [-0.3, -0.25) is 19.5 Å². The summed E-state index contributed by atoms with van der Waals surface area (Å²) in [4.78, 5) is 33.9. The molecule has 2 amide bonds. The molecule has 1 aliphatic carbocycles. The zero-order valence-corrected chi connectivity index (χ0v) is 20.2. The molecule has 10 nitrogen and oxygen atoms in total. The number of nitrogens with one attached hydrogen (secondary N) is 1. The number of carbonyl (C=O) groups excluding carboxylic acids is 2. The van der Waals surface area contributed by atoms with Crippen molar-refractivity contribution in [2.75, 3.05) is 4.90 Å². The highest BCUT2D eigenvalue weighted by atomic mass is 19.1. The van der Waals surface area contributed by atoms with E-state index in [1.807, 2.05) is 0 Å². The Morgan fingerprint density at radius 1 is 1.16 bits per heavy atom.